The first-order valence-electron chi connectivity index (χ1n) is 11.2. The third-order valence-corrected chi connectivity index (χ3v) is 7.73. The lowest BCUT2D eigenvalue weighted by molar-refractivity contribution is 0.0881. The average molecular weight is 630 g/mol. The van der Waals surface area contributed by atoms with Gasteiger partial charge in [0.15, 0.2) is 0 Å². The highest BCUT2D eigenvalue weighted by Gasteiger charge is 2.24. The molecular weight excluding hydrogens is 600 g/mol. The number of ether oxygens (including phenoxy) is 2. The van der Waals surface area contributed by atoms with Gasteiger partial charge in [0.05, 0.1) is 24.8 Å². The second-order valence-electron chi connectivity index (χ2n) is 9.00. The summed E-state index contributed by atoms with van der Waals surface area (Å²) < 4.78 is 13.8. The SMILES string of the molecule is C[C@@H](CCl)COc1ccc(C(C)(C)c2ccc(OC[C@H](O)Cn3nnc(CO)c3[123I])cc2)cc1Cl. The number of aliphatic hydroxyl groups is 2. The summed E-state index contributed by atoms with van der Waals surface area (Å²) in [5.74, 6) is 2.09. The van der Waals surface area contributed by atoms with Crippen LogP contribution in [-0.4, -0.2) is 50.4 Å². The molecule has 0 amide bonds. The zero-order chi connectivity index (χ0) is 25.6. The third-order valence-electron chi connectivity index (χ3n) is 5.73. The van der Waals surface area contributed by atoms with E-state index in [2.05, 4.69) is 24.2 Å². The molecule has 0 saturated heterocycles. The van der Waals surface area contributed by atoms with Gasteiger partial charge in [0.1, 0.15) is 33.6 Å². The monoisotopic (exact) mass is 629 g/mol. The number of nitrogens with zero attached hydrogens (tertiary/aromatic N) is 3. The van der Waals surface area contributed by atoms with Crippen molar-refractivity contribution in [3.05, 3.63) is 68.0 Å². The first-order chi connectivity index (χ1) is 16.6. The molecule has 190 valence electrons. The number of aromatic nitrogens is 3. The number of hydrogen-bond donors (Lipinski definition) is 2. The maximum atomic E-state index is 10.3. The number of rotatable bonds is 12. The molecule has 0 aliphatic rings. The molecule has 0 aliphatic heterocycles. The molecule has 0 spiro atoms. The van der Waals surface area contributed by atoms with Crippen LogP contribution in [-0.2, 0) is 18.6 Å². The molecule has 0 bridgehead atoms. The highest BCUT2D eigenvalue weighted by molar-refractivity contribution is 14.1. The van der Waals surface area contributed by atoms with Crippen LogP contribution in [0.2, 0.25) is 5.02 Å². The fourth-order valence-electron chi connectivity index (χ4n) is 3.41. The van der Waals surface area contributed by atoms with Crippen molar-refractivity contribution in [1.29, 1.82) is 0 Å². The zero-order valence-corrected chi connectivity index (χ0v) is 23.6. The van der Waals surface area contributed by atoms with E-state index in [0.717, 1.165) is 11.1 Å². The lowest BCUT2D eigenvalue weighted by Gasteiger charge is -2.27. The first-order valence-corrected chi connectivity index (χ1v) is 13.2. The largest absolute Gasteiger partial charge is 0.492 e. The summed E-state index contributed by atoms with van der Waals surface area (Å²) in [5.41, 5.74) is 2.35. The van der Waals surface area contributed by atoms with Crippen LogP contribution in [0.4, 0.5) is 0 Å². The minimum atomic E-state index is -0.775. The molecule has 2 atom stereocenters. The highest BCUT2D eigenvalue weighted by atomic mass is 123. The molecular formula is C25H30Cl2IN3O4. The van der Waals surface area contributed by atoms with E-state index in [-0.39, 0.29) is 31.1 Å². The van der Waals surface area contributed by atoms with E-state index in [1.54, 1.807) is 4.68 Å². The molecule has 35 heavy (non-hydrogen) atoms. The fourth-order valence-corrected chi connectivity index (χ4v) is 4.31. The topological polar surface area (TPSA) is 89.6 Å². The molecule has 3 rings (SSSR count). The Morgan fingerprint density at radius 1 is 1.09 bits per heavy atom. The van der Waals surface area contributed by atoms with Gasteiger partial charge in [0.2, 0.25) is 0 Å². The van der Waals surface area contributed by atoms with Gasteiger partial charge in [-0.05, 0) is 58.0 Å². The van der Waals surface area contributed by atoms with Crippen LogP contribution in [0.25, 0.3) is 0 Å². The Hall–Kier alpha value is -1.59. The molecule has 2 aromatic carbocycles. The van der Waals surface area contributed by atoms with Crippen molar-refractivity contribution in [2.75, 3.05) is 19.1 Å². The minimum absolute atomic E-state index is 0.104. The van der Waals surface area contributed by atoms with E-state index in [9.17, 15) is 10.2 Å². The second kappa shape index (κ2) is 12.6. The maximum absolute atomic E-state index is 10.3. The van der Waals surface area contributed by atoms with Gasteiger partial charge >= 0.3 is 0 Å². The maximum Gasteiger partial charge on any atom is 0.137 e. The standard InChI is InChI=1S/C25H30Cl2IN3O4/c1-16(11-26)14-35-23-9-6-18(10-21(23)27)25(2,3)17-4-7-20(8-5-17)34-15-19(33)12-31-24(28)22(13-32)29-30-31/h4-10,16,19,32-33H,11-15H2,1-3H3/t16-,19+/m0/s1/i28-4. The van der Waals surface area contributed by atoms with Gasteiger partial charge in [0.25, 0.3) is 0 Å². The fraction of sp³-hybridized carbons (Fsp3) is 0.440. The summed E-state index contributed by atoms with van der Waals surface area (Å²) in [6.45, 7) is 6.95. The van der Waals surface area contributed by atoms with Crippen LogP contribution in [0.3, 0.4) is 0 Å². The molecule has 0 saturated carbocycles. The van der Waals surface area contributed by atoms with E-state index in [1.165, 1.54) is 0 Å². The summed E-state index contributed by atoms with van der Waals surface area (Å²) in [6, 6.07) is 13.7. The highest BCUT2D eigenvalue weighted by Crippen LogP contribution is 2.36. The van der Waals surface area contributed by atoms with Gasteiger partial charge in [-0.3, -0.25) is 0 Å². The van der Waals surface area contributed by atoms with E-state index >= 15 is 0 Å². The first kappa shape index (κ1) is 28.0. The Bertz CT molecular complexity index is 1110. The quantitative estimate of drug-likeness (QED) is 0.215. The Balaban J connectivity index is 1.60. The Morgan fingerprint density at radius 2 is 1.77 bits per heavy atom. The van der Waals surface area contributed by atoms with E-state index in [1.807, 2.05) is 72.0 Å². The molecule has 10 heteroatoms. The number of aliphatic hydroxyl groups excluding tert-OH is 2. The lowest BCUT2D eigenvalue weighted by Crippen LogP contribution is -2.25. The van der Waals surface area contributed by atoms with Crippen molar-refractivity contribution in [3.63, 3.8) is 0 Å². The van der Waals surface area contributed by atoms with Crippen LogP contribution >= 0.6 is 45.8 Å². The number of halogens is 3. The molecule has 1 heterocycles. The predicted molar refractivity (Wildman–Crippen MR) is 146 cm³/mol. The van der Waals surface area contributed by atoms with Gasteiger partial charge in [-0.1, -0.05) is 55.8 Å². The molecule has 1 aromatic heterocycles. The van der Waals surface area contributed by atoms with Gasteiger partial charge < -0.3 is 19.7 Å². The zero-order valence-electron chi connectivity index (χ0n) is 19.9. The van der Waals surface area contributed by atoms with Crippen LogP contribution in [0.5, 0.6) is 11.5 Å². The Labute approximate surface area is 229 Å². The molecule has 2 N–H and O–H groups in total. The Kier molecular flexibility index (Phi) is 10.1. The van der Waals surface area contributed by atoms with Crippen LogP contribution < -0.4 is 9.47 Å². The van der Waals surface area contributed by atoms with E-state index < -0.39 is 6.10 Å². The molecule has 0 radical (unpaired) electrons. The number of alkyl halides is 1. The Morgan fingerprint density at radius 3 is 2.37 bits per heavy atom. The molecule has 0 unspecified atom stereocenters. The van der Waals surface area contributed by atoms with Crippen molar-refractivity contribution in [2.45, 2.75) is 45.4 Å². The van der Waals surface area contributed by atoms with Crippen molar-refractivity contribution < 1.29 is 19.7 Å². The van der Waals surface area contributed by atoms with Gasteiger partial charge in [-0.25, -0.2) is 4.68 Å². The summed E-state index contributed by atoms with van der Waals surface area (Å²) >= 11 is 14.4. The number of hydrogen-bond acceptors (Lipinski definition) is 6. The average Bonchev–Trinajstić information content (AvgIpc) is 3.20. The van der Waals surface area contributed by atoms with Gasteiger partial charge in [-0.2, -0.15) is 0 Å². The summed E-state index contributed by atoms with van der Waals surface area (Å²) in [7, 11) is 0. The summed E-state index contributed by atoms with van der Waals surface area (Å²) in [5, 5.41) is 27.9. The minimum Gasteiger partial charge on any atom is -0.492 e. The van der Waals surface area contributed by atoms with Crippen LogP contribution in [0, 0.1) is 9.62 Å². The van der Waals surface area contributed by atoms with Crippen molar-refractivity contribution in [3.8, 4) is 11.5 Å². The van der Waals surface area contributed by atoms with Crippen molar-refractivity contribution in [2.24, 2.45) is 5.92 Å². The molecule has 0 aliphatic carbocycles. The smallest absolute Gasteiger partial charge is 0.137 e. The third kappa shape index (κ3) is 7.22. The van der Waals surface area contributed by atoms with Crippen LogP contribution in [0.15, 0.2) is 42.5 Å². The van der Waals surface area contributed by atoms with Crippen molar-refractivity contribution >= 4 is 45.8 Å². The second-order valence-corrected chi connectivity index (χ2v) is 10.7. The molecule has 7 nitrogen and oxygen atoms in total. The van der Waals surface area contributed by atoms with Gasteiger partial charge in [-0.15, -0.1) is 16.7 Å². The van der Waals surface area contributed by atoms with E-state index in [4.69, 9.17) is 32.7 Å². The summed E-state index contributed by atoms with van der Waals surface area (Å²) in [4.78, 5) is 0. The lowest BCUT2D eigenvalue weighted by atomic mass is 9.78. The predicted octanol–water partition coefficient (Wildman–Crippen LogP) is 5.05. The van der Waals surface area contributed by atoms with Crippen molar-refractivity contribution in [1.82, 2.24) is 15.0 Å². The van der Waals surface area contributed by atoms with Crippen LogP contribution in [0.1, 0.15) is 37.6 Å². The normalized spacial score (nSPS) is 13.5. The van der Waals surface area contributed by atoms with E-state index in [0.29, 0.717) is 38.4 Å². The van der Waals surface area contributed by atoms with Gasteiger partial charge in [0, 0.05) is 17.2 Å². The number of benzene rings is 2. The molecule has 3 aromatic rings. The molecule has 0 fully saturated rings. The summed E-state index contributed by atoms with van der Waals surface area (Å²) in [6.07, 6.45) is -0.775.